The molecule has 0 spiro atoms. The molecule has 2 fully saturated rings. The van der Waals surface area contributed by atoms with Gasteiger partial charge in [0.25, 0.3) is 0 Å². The summed E-state index contributed by atoms with van der Waals surface area (Å²) in [5.41, 5.74) is 0.611. The van der Waals surface area contributed by atoms with Crippen LogP contribution in [-0.4, -0.2) is 0 Å². The molecule has 4 atom stereocenters. The van der Waals surface area contributed by atoms with E-state index in [4.69, 9.17) is 0 Å². The molecule has 0 aromatic heterocycles. The van der Waals surface area contributed by atoms with Crippen molar-refractivity contribution in [2.45, 2.75) is 46.0 Å². The Hall–Kier alpha value is -0.260. The van der Waals surface area contributed by atoms with E-state index in [0.717, 1.165) is 17.8 Å². The van der Waals surface area contributed by atoms with E-state index in [0.29, 0.717) is 5.41 Å². The molecular formula is C13H22. The fourth-order valence-corrected chi connectivity index (χ4v) is 3.99. The summed E-state index contributed by atoms with van der Waals surface area (Å²) in [7, 11) is 0. The summed E-state index contributed by atoms with van der Waals surface area (Å²) in [5, 5.41) is 0. The summed E-state index contributed by atoms with van der Waals surface area (Å²) in [6, 6.07) is 0. The van der Waals surface area contributed by atoms with Crippen LogP contribution in [0.5, 0.6) is 0 Å². The van der Waals surface area contributed by atoms with E-state index in [2.05, 4.69) is 26.5 Å². The van der Waals surface area contributed by atoms with E-state index in [1.54, 1.807) is 0 Å². The van der Waals surface area contributed by atoms with Gasteiger partial charge in [0.15, 0.2) is 0 Å². The number of rotatable bonds is 1. The smallest absolute Gasteiger partial charge is 0.0179 e. The van der Waals surface area contributed by atoms with E-state index in [-0.39, 0.29) is 0 Å². The van der Waals surface area contributed by atoms with Gasteiger partial charge >= 0.3 is 0 Å². The number of hydrogen-bond donors (Lipinski definition) is 0. The predicted molar refractivity (Wildman–Crippen MR) is 57.5 cm³/mol. The molecule has 0 aromatic carbocycles. The molecule has 2 saturated carbocycles. The Labute approximate surface area is 82.4 Å². The van der Waals surface area contributed by atoms with Gasteiger partial charge in [0.2, 0.25) is 0 Å². The fourth-order valence-electron chi connectivity index (χ4n) is 3.99. The van der Waals surface area contributed by atoms with Crippen molar-refractivity contribution in [3.63, 3.8) is 0 Å². The summed E-state index contributed by atoms with van der Waals surface area (Å²) in [6.07, 6.45) is 9.42. The number of hydrogen-bond acceptors (Lipinski definition) is 0. The van der Waals surface area contributed by atoms with Gasteiger partial charge < -0.3 is 0 Å². The maximum Gasteiger partial charge on any atom is -0.0179 e. The molecule has 13 heavy (non-hydrogen) atoms. The van der Waals surface area contributed by atoms with Gasteiger partial charge in [-0.25, -0.2) is 0 Å². The highest BCUT2D eigenvalue weighted by atomic mass is 14.5. The summed E-state index contributed by atoms with van der Waals surface area (Å²) in [6.45, 7) is 8.96. The topological polar surface area (TPSA) is 0 Å². The van der Waals surface area contributed by atoms with Gasteiger partial charge in [-0.2, -0.15) is 0 Å². The number of fused-ring (bicyclic) bond motifs is 1. The van der Waals surface area contributed by atoms with Crippen molar-refractivity contribution in [2.24, 2.45) is 23.2 Å². The van der Waals surface area contributed by atoms with Crippen LogP contribution in [0.3, 0.4) is 0 Å². The van der Waals surface area contributed by atoms with Crippen molar-refractivity contribution < 1.29 is 0 Å². The Balaban J connectivity index is 2.23. The Morgan fingerprint density at radius 1 is 1.31 bits per heavy atom. The van der Waals surface area contributed by atoms with Gasteiger partial charge in [0.05, 0.1) is 0 Å². The molecule has 0 aromatic rings. The highest BCUT2D eigenvalue weighted by Crippen LogP contribution is 2.57. The third-order valence-corrected chi connectivity index (χ3v) is 4.83. The van der Waals surface area contributed by atoms with Crippen LogP contribution in [0.4, 0.5) is 0 Å². The molecular weight excluding hydrogens is 156 g/mol. The van der Waals surface area contributed by atoms with Crippen LogP contribution in [0.2, 0.25) is 0 Å². The minimum absolute atomic E-state index is 0.611. The van der Waals surface area contributed by atoms with Crippen molar-refractivity contribution in [3.8, 4) is 0 Å². The molecule has 2 rings (SSSR count). The van der Waals surface area contributed by atoms with Gasteiger partial charge in [0, 0.05) is 0 Å². The van der Waals surface area contributed by atoms with Crippen molar-refractivity contribution in [1.29, 1.82) is 0 Å². The molecule has 0 amide bonds. The third kappa shape index (κ3) is 1.26. The quantitative estimate of drug-likeness (QED) is 0.532. The van der Waals surface area contributed by atoms with Crippen LogP contribution in [-0.2, 0) is 0 Å². The van der Waals surface area contributed by atoms with E-state index < -0.39 is 0 Å². The lowest BCUT2D eigenvalue weighted by molar-refractivity contribution is 0.0752. The molecule has 0 N–H and O–H groups in total. The Bertz CT molecular complexity index is 206. The van der Waals surface area contributed by atoms with E-state index >= 15 is 0 Å². The molecule has 2 aliphatic carbocycles. The van der Waals surface area contributed by atoms with Crippen LogP contribution >= 0.6 is 0 Å². The normalized spacial score (nSPS) is 50.2. The Kier molecular flexibility index (Phi) is 2.25. The van der Waals surface area contributed by atoms with Gasteiger partial charge in [-0.1, -0.05) is 32.8 Å². The molecule has 0 bridgehead atoms. The number of allylic oxidation sites excluding steroid dienone is 1. The van der Waals surface area contributed by atoms with Gasteiger partial charge in [0.1, 0.15) is 0 Å². The Morgan fingerprint density at radius 2 is 2.08 bits per heavy atom. The molecule has 0 saturated heterocycles. The lowest BCUT2D eigenvalue weighted by Crippen LogP contribution is -2.35. The average Bonchev–Trinajstić information content (AvgIpc) is 2.43. The molecule has 2 aliphatic rings. The SMILES string of the molecule is C=C[C@H]1CC[C@@H]2[C@H](C)CCC[C@@]21C. The van der Waals surface area contributed by atoms with E-state index in [1.165, 1.54) is 32.1 Å². The first kappa shape index (κ1) is 9.30. The second kappa shape index (κ2) is 3.15. The largest absolute Gasteiger partial charge is 0.103 e. The summed E-state index contributed by atoms with van der Waals surface area (Å²) in [4.78, 5) is 0. The highest BCUT2D eigenvalue weighted by Gasteiger charge is 2.48. The zero-order valence-corrected chi connectivity index (χ0v) is 9.05. The summed E-state index contributed by atoms with van der Waals surface area (Å²) in [5.74, 6) is 2.76. The zero-order valence-electron chi connectivity index (χ0n) is 9.05. The maximum absolute atomic E-state index is 4.00. The lowest BCUT2D eigenvalue weighted by Gasteiger charge is -2.43. The first-order valence-corrected chi connectivity index (χ1v) is 5.81. The minimum Gasteiger partial charge on any atom is -0.103 e. The van der Waals surface area contributed by atoms with Crippen LogP contribution in [0.15, 0.2) is 12.7 Å². The van der Waals surface area contributed by atoms with E-state index in [9.17, 15) is 0 Å². The van der Waals surface area contributed by atoms with Crippen LogP contribution in [0.1, 0.15) is 46.0 Å². The minimum atomic E-state index is 0.611. The third-order valence-electron chi connectivity index (χ3n) is 4.83. The van der Waals surface area contributed by atoms with Gasteiger partial charge in [-0.15, -0.1) is 6.58 Å². The predicted octanol–water partition coefficient (Wildman–Crippen LogP) is 4.02. The molecule has 0 heterocycles. The summed E-state index contributed by atoms with van der Waals surface area (Å²) >= 11 is 0. The molecule has 0 unspecified atom stereocenters. The molecule has 74 valence electrons. The summed E-state index contributed by atoms with van der Waals surface area (Å²) < 4.78 is 0. The standard InChI is InChI=1S/C13H22/c1-4-11-7-8-12-10(2)6-5-9-13(11,12)3/h4,10-12H,1,5-9H2,2-3H3/t10-,11+,12-,13-/m1/s1. The van der Waals surface area contributed by atoms with Crippen LogP contribution in [0, 0.1) is 23.2 Å². The van der Waals surface area contributed by atoms with E-state index in [1.807, 2.05) is 0 Å². The average molecular weight is 178 g/mol. The molecule has 0 nitrogen and oxygen atoms in total. The fraction of sp³-hybridized carbons (Fsp3) is 0.846. The second-order valence-corrected chi connectivity index (χ2v) is 5.40. The molecule has 0 aliphatic heterocycles. The first-order valence-electron chi connectivity index (χ1n) is 5.81. The Morgan fingerprint density at radius 3 is 2.77 bits per heavy atom. The van der Waals surface area contributed by atoms with Crippen molar-refractivity contribution in [3.05, 3.63) is 12.7 Å². The monoisotopic (exact) mass is 178 g/mol. The molecule has 0 radical (unpaired) electrons. The first-order chi connectivity index (χ1) is 6.18. The van der Waals surface area contributed by atoms with Gasteiger partial charge in [-0.3, -0.25) is 0 Å². The maximum atomic E-state index is 4.00. The molecule has 0 heteroatoms. The van der Waals surface area contributed by atoms with Crippen molar-refractivity contribution in [1.82, 2.24) is 0 Å². The van der Waals surface area contributed by atoms with Crippen molar-refractivity contribution >= 4 is 0 Å². The van der Waals surface area contributed by atoms with Crippen LogP contribution < -0.4 is 0 Å². The highest BCUT2D eigenvalue weighted by molar-refractivity contribution is 5.04. The second-order valence-electron chi connectivity index (χ2n) is 5.40. The lowest BCUT2D eigenvalue weighted by atomic mass is 9.62. The zero-order chi connectivity index (χ0) is 9.47. The van der Waals surface area contributed by atoms with Crippen LogP contribution in [0.25, 0.3) is 0 Å². The van der Waals surface area contributed by atoms with Crippen molar-refractivity contribution in [2.75, 3.05) is 0 Å². The van der Waals surface area contributed by atoms with Gasteiger partial charge in [-0.05, 0) is 42.4 Å².